The molecule has 1 aromatic carbocycles. The number of nitrogens with one attached hydrogen (secondary N) is 1. The molecule has 0 amide bonds. The number of unbranched alkanes of at least 4 members (excludes halogenated alkanes) is 1. The van der Waals surface area contributed by atoms with Crippen molar-refractivity contribution in [1.29, 1.82) is 0 Å². The molecule has 0 bridgehead atoms. The lowest BCUT2D eigenvalue weighted by Gasteiger charge is -2.12. The highest BCUT2D eigenvalue weighted by atomic mass is 32.2. The predicted molar refractivity (Wildman–Crippen MR) is 116 cm³/mol. The van der Waals surface area contributed by atoms with Crippen LogP contribution in [0.4, 0.5) is 5.69 Å². The zero-order chi connectivity index (χ0) is 21.1. The van der Waals surface area contributed by atoms with E-state index in [2.05, 4.69) is 21.1 Å². The lowest BCUT2D eigenvalue weighted by atomic mass is 9.97. The molecule has 0 unspecified atom stereocenters. The van der Waals surface area contributed by atoms with E-state index in [1.807, 2.05) is 36.4 Å². The standard InChI is InChI=1S/C21H23N3O4S/c1-28-21(25)11-4-3-10-19(17-8-6-12-22-14-17)16-7-5-9-18(13-16)23-20(29-2)15-24(26)27/h5-10,12-15,23H,3-4,11H2,1-2H3/b19-10+,20-15+. The number of rotatable bonds is 10. The number of nitrogens with zero attached hydrogens (tertiary/aromatic N) is 2. The molecule has 0 saturated heterocycles. The van der Waals surface area contributed by atoms with Crippen LogP contribution in [0.2, 0.25) is 0 Å². The van der Waals surface area contributed by atoms with E-state index in [0.29, 0.717) is 24.3 Å². The molecule has 2 rings (SSSR count). The molecule has 0 radical (unpaired) electrons. The van der Waals surface area contributed by atoms with Gasteiger partial charge in [-0.05, 0) is 48.4 Å². The van der Waals surface area contributed by atoms with Crippen LogP contribution in [0.1, 0.15) is 30.4 Å². The number of carbonyl (C=O) groups is 1. The lowest BCUT2D eigenvalue weighted by Crippen LogP contribution is -2.00. The molecular formula is C21H23N3O4S. The Kier molecular flexibility index (Phi) is 8.91. The predicted octanol–water partition coefficient (Wildman–Crippen LogP) is 4.71. The summed E-state index contributed by atoms with van der Waals surface area (Å²) in [5, 5.41) is 14.3. The molecule has 0 aliphatic heterocycles. The third-order valence-electron chi connectivity index (χ3n) is 4.02. The smallest absolute Gasteiger partial charge is 0.305 e. The molecule has 0 fully saturated rings. The Morgan fingerprint density at radius 1 is 1.31 bits per heavy atom. The zero-order valence-electron chi connectivity index (χ0n) is 16.3. The Balaban J connectivity index is 2.29. The van der Waals surface area contributed by atoms with Crippen molar-refractivity contribution in [2.75, 3.05) is 18.7 Å². The summed E-state index contributed by atoms with van der Waals surface area (Å²) in [4.78, 5) is 25.8. The van der Waals surface area contributed by atoms with Gasteiger partial charge in [0, 0.05) is 30.1 Å². The summed E-state index contributed by atoms with van der Waals surface area (Å²) < 4.78 is 4.68. The molecule has 0 aliphatic rings. The number of thioether (sulfide) groups is 1. The topological polar surface area (TPSA) is 94.4 Å². The Bertz CT molecular complexity index is 898. The van der Waals surface area contributed by atoms with Crippen molar-refractivity contribution in [3.63, 3.8) is 0 Å². The van der Waals surface area contributed by atoms with Crippen molar-refractivity contribution in [2.24, 2.45) is 0 Å². The number of methoxy groups -OCH3 is 1. The molecule has 29 heavy (non-hydrogen) atoms. The normalized spacial score (nSPS) is 11.8. The van der Waals surface area contributed by atoms with Gasteiger partial charge in [0.25, 0.3) is 6.20 Å². The van der Waals surface area contributed by atoms with E-state index in [4.69, 9.17) is 0 Å². The number of hydrogen-bond acceptors (Lipinski definition) is 7. The summed E-state index contributed by atoms with van der Waals surface area (Å²) in [6.45, 7) is 0. The van der Waals surface area contributed by atoms with Crippen molar-refractivity contribution in [2.45, 2.75) is 19.3 Å². The Labute approximate surface area is 174 Å². The van der Waals surface area contributed by atoms with Gasteiger partial charge in [0.15, 0.2) is 0 Å². The van der Waals surface area contributed by atoms with Gasteiger partial charge in [0.05, 0.1) is 12.0 Å². The van der Waals surface area contributed by atoms with Crippen LogP contribution in [0.5, 0.6) is 0 Å². The average molecular weight is 413 g/mol. The van der Waals surface area contributed by atoms with E-state index in [1.165, 1.54) is 18.9 Å². The molecule has 8 heteroatoms. The third-order valence-corrected chi connectivity index (χ3v) is 4.66. The summed E-state index contributed by atoms with van der Waals surface area (Å²) in [5.74, 6) is -0.227. The summed E-state index contributed by atoms with van der Waals surface area (Å²) in [5.41, 5.74) is 3.63. The van der Waals surface area contributed by atoms with E-state index in [0.717, 1.165) is 28.6 Å². The highest BCUT2D eigenvalue weighted by Crippen LogP contribution is 2.27. The highest BCUT2D eigenvalue weighted by Gasteiger charge is 2.08. The number of aromatic nitrogens is 1. The number of esters is 1. The molecule has 1 heterocycles. The van der Waals surface area contributed by atoms with Gasteiger partial charge < -0.3 is 10.1 Å². The molecule has 0 saturated carbocycles. The first-order valence-corrected chi connectivity index (χ1v) is 10.2. The van der Waals surface area contributed by atoms with Crippen molar-refractivity contribution in [3.8, 4) is 0 Å². The van der Waals surface area contributed by atoms with E-state index in [-0.39, 0.29) is 5.97 Å². The summed E-state index contributed by atoms with van der Waals surface area (Å²) in [6, 6.07) is 11.5. The SMILES string of the molecule is COC(=O)CCC/C=C(/c1cccnc1)c1cccc(N/C(=C\[N+](=O)[O-])SC)c1. The number of hydrogen-bond donors (Lipinski definition) is 1. The molecule has 152 valence electrons. The molecule has 1 N–H and O–H groups in total. The fourth-order valence-corrected chi connectivity index (χ4v) is 3.07. The van der Waals surface area contributed by atoms with E-state index in [9.17, 15) is 14.9 Å². The average Bonchev–Trinajstić information content (AvgIpc) is 2.73. The lowest BCUT2D eigenvalue weighted by molar-refractivity contribution is -0.402. The number of ether oxygens (including phenoxy) is 1. The van der Waals surface area contributed by atoms with Gasteiger partial charge in [-0.3, -0.25) is 19.9 Å². The van der Waals surface area contributed by atoms with Crippen molar-refractivity contribution in [3.05, 3.63) is 87.3 Å². The number of carbonyl (C=O) groups excluding carboxylic acids is 1. The van der Waals surface area contributed by atoms with Crippen LogP contribution in [0, 0.1) is 10.1 Å². The quantitative estimate of drug-likeness (QED) is 0.261. The van der Waals surface area contributed by atoms with E-state index < -0.39 is 4.92 Å². The van der Waals surface area contributed by atoms with Crippen LogP contribution in [0.15, 0.2) is 66.1 Å². The molecule has 1 aromatic heterocycles. The Morgan fingerprint density at radius 2 is 2.10 bits per heavy atom. The minimum Gasteiger partial charge on any atom is -0.469 e. The van der Waals surface area contributed by atoms with Gasteiger partial charge >= 0.3 is 5.97 Å². The van der Waals surface area contributed by atoms with Crippen LogP contribution in [0.3, 0.4) is 0 Å². The maximum atomic E-state index is 11.3. The molecule has 0 aliphatic carbocycles. The fourth-order valence-electron chi connectivity index (χ4n) is 2.66. The molecule has 0 spiro atoms. The molecule has 0 atom stereocenters. The minimum absolute atomic E-state index is 0.227. The Hall–Kier alpha value is -3.13. The van der Waals surface area contributed by atoms with Crippen molar-refractivity contribution in [1.82, 2.24) is 4.98 Å². The summed E-state index contributed by atoms with van der Waals surface area (Å²) >= 11 is 1.27. The Morgan fingerprint density at radius 3 is 2.76 bits per heavy atom. The second-order valence-electron chi connectivity index (χ2n) is 6.02. The largest absolute Gasteiger partial charge is 0.469 e. The van der Waals surface area contributed by atoms with Crippen LogP contribution in [0.25, 0.3) is 5.57 Å². The summed E-state index contributed by atoms with van der Waals surface area (Å²) in [7, 11) is 1.38. The van der Waals surface area contributed by atoms with Gasteiger partial charge in [-0.15, -0.1) is 11.8 Å². The van der Waals surface area contributed by atoms with Gasteiger partial charge in [0.2, 0.25) is 0 Å². The first kappa shape index (κ1) is 22.2. The number of pyridine rings is 1. The number of benzene rings is 1. The molecule has 7 nitrogen and oxygen atoms in total. The first-order valence-electron chi connectivity index (χ1n) is 8.97. The number of nitro groups is 1. The first-order chi connectivity index (χ1) is 14.0. The monoisotopic (exact) mass is 413 g/mol. The van der Waals surface area contributed by atoms with Gasteiger partial charge in [-0.1, -0.05) is 24.3 Å². The maximum Gasteiger partial charge on any atom is 0.305 e. The molecular weight excluding hydrogens is 390 g/mol. The van der Waals surface area contributed by atoms with Crippen LogP contribution in [-0.4, -0.2) is 29.2 Å². The second kappa shape index (κ2) is 11.7. The summed E-state index contributed by atoms with van der Waals surface area (Å²) in [6.07, 6.45) is 10.0. The third kappa shape index (κ3) is 7.42. The number of anilines is 1. The van der Waals surface area contributed by atoms with Gasteiger partial charge in [-0.25, -0.2) is 0 Å². The van der Waals surface area contributed by atoms with Crippen LogP contribution >= 0.6 is 11.8 Å². The fraction of sp³-hybridized carbons (Fsp3) is 0.238. The van der Waals surface area contributed by atoms with Crippen molar-refractivity contribution >= 4 is 29.0 Å². The number of allylic oxidation sites excluding steroid dienone is 1. The van der Waals surface area contributed by atoms with Crippen molar-refractivity contribution < 1.29 is 14.5 Å². The zero-order valence-corrected chi connectivity index (χ0v) is 17.1. The minimum atomic E-state index is -0.481. The van der Waals surface area contributed by atoms with E-state index in [1.54, 1.807) is 18.6 Å². The van der Waals surface area contributed by atoms with Crippen LogP contribution < -0.4 is 5.32 Å². The van der Waals surface area contributed by atoms with Gasteiger partial charge in [-0.2, -0.15) is 0 Å². The van der Waals surface area contributed by atoms with E-state index >= 15 is 0 Å². The van der Waals surface area contributed by atoms with Gasteiger partial charge in [0.1, 0.15) is 5.03 Å². The molecule has 2 aromatic rings. The second-order valence-corrected chi connectivity index (χ2v) is 6.86. The highest BCUT2D eigenvalue weighted by molar-refractivity contribution is 8.02. The maximum absolute atomic E-state index is 11.3. The van der Waals surface area contributed by atoms with Crippen LogP contribution in [-0.2, 0) is 9.53 Å².